The maximum absolute atomic E-state index is 12.4. The molecule has 3 saturated heterocycles. The lowest BCUT2D eigenvalue weighted by Gasteiger charge is -2.38. The number of amides is 1. The van der Waals surface area contributed by atoms with Gasteiger partial charge in [-0.2, -0.15) is 0 Å². The Morgan fingerprint density at radius 1 is 1.22 bits per heavy atom. The van der Waals surface area contributed by atoms with Gasteiger partial charge in [-0.15, -0.1) is 24.0 Å². The molecule has 1 amide bonds. The van der Waals surface area contributed by atoms with Gasteiger partial charge in [0.1, 0.15) is 5.60 Å². The molecule has 3 rings (SSSR count). The Hall–Kier alpha value is -0.810. The Balaban J connectivity index is 0.00000363. The molecule has 3 heterocycles. The zero-order chi connectivity index (χ0) is 22.4. The Labute approximate surface area is 211 Å². The van der Waals surface area contributed by atoms with Crippen molar-refractivity contribution in [1.29, 1.82) is 0 Å². The van der Waals surface area contributed by atoms with E-state index >= 15 is 0 Å². The summed E-state index contributed by atoms with van der Waals surface area (Å²) in [6.07, 6.45) is 4.71. The first-order valence-electron chi connectivity index (χ1n) is 12.1. The van der Waals surface area contributed by atoms with Gasteiger partial charge in [0.2, 0.25) is 0 Å². The zero-order valence-corrected chi connectivity index (χ0v) is 23.0. The first-order valence-corrected chi connectivity index (χ1v) is 12.1. The van der Waals surface area contributed by atoms with E-state index in [1.54, 1.807) is 0 Å². The van der Waals surface area contributed by atoms with Crippen molar-refractivity contribution < 1.29 is 14.3 Å². The summed E-state index contributed by atoms with van der Waals surface area (Å²) in [5.41, 5.74) is -0.455. The second kappa shape index (κ2) is 12.6. The molecule has 0 spiro atoms. The fraction of sp³-hybridized carbons (Fsp3) is 0.913. The maximum atomic E-state index is 12.4. The first-order chi connectivity index (χ1) is 14.8. The van der Waals surface area contributed by atoms with E-state index in [0.29, 0.717) is 18.5 Å². The van der Waals surface area contributed by atoms with Gasteiger partial charge in [0.15, 0.2) is 5.96 Å². The number of likely N-dealkylation sites (tertiary alicyclic amines) is 1. The number of carbonyl (C=O) groups excluding carboxylic acids is 1. The van der Waals surface area contributed by atoms with Crippen LogP contribution in [0.25, 0.3) is 0 Å². The molecule has 0 bridgehead atoms. The van der Waals surface area contributed by atoms with Crippen molar-refractivity contribution >= 4 is 36.0 Å². The van der Waals surface area contributed by atoms with E-state index in [1.807, 2.05) is 39.6 Å². The first kappa shape index (κ1) is 27.4. The summed E-state index contributed by atoms with van der Waals surface area (Å²) in [7, 11) is 1.86. The Morgan fingerprint density at radius 2 is 1.94 bits per heavy atom. The highest BCUT2D eigenvalue weighted by Crippen LogP contribution is 2.23. The molecule has 8 nitrogen and oxygen atoms in total. The van der Waals surface area contributed by atoms with E-state index in [9.17, 15) is 4.79 Å². The Morgan fingerprint density at radius 3 is 2.56 bits per heavy atom. The standard InChI is InChI=1S/C23H43N5O3.HI/c1-6-26(22(29)31-23(2,3)4)15-18-9-12-27(13-10-18)21(24-5)25-14-20-16-28-11-7-8-19(28)17-30-20;/h18-20H,6-17H2,1-5H3,(H,24,25);1H. The lowest BCUT2D eigenvalue weighted by Crippen LogP contribution is -2.53. The summed E-state index contributed by atoms with van der Waals surface area (Å²) >= 11 is 0. The Kier molecular flexibility index (Phi) is 10.8. The summed E-state index contributed by atoms with van der Waals surface area (Å²) in [5, 5.41) is 3.54. The summed E-state index contributed by atoms with van der Waals surface area (Å²) in [6.45, 7) is 15.0. The molecular weight excluding hydrogens is 521 g/mol. The number of rotatable bonds is 5. The molecule has 3 fully saturated rings. The summed E-state index contributed by atoms with van der Waals surface area (Å²) in [5.74, 6) is 1.46. The van der Waals surface area contributed by atoms with Crippen molar-refractivity contribution in [3.63, 3.8) is 0 Å². The smallest absolute Gasteiger partial charge is 0.410 e. The highest BCUT2D eigenvalue weighted by Gasteiger charge is 2.32. The minimum absolute atomic E-state index is 0. The van der Waals surface area contributed by atoms with Crippen LogP contribution >= 0.6 is 24.0 Å². The number of nitrogens with zero attached hydrogens (tertiary/aromatic N) is 4. The number of guanidine groups is 1. The van der Waals surface area contributed by atoms with Gasteiger partial charge in [-0.3, -0.25) is 9.89 Å². The number of halogens is 1. The second-order valence-electron chi connectivity index (χ2n) is 10.1. The van der Waals surface area contributed by atoms with Gasteiger partial charge >= 0.3 is 6.09 Å². The lowest BCUT2D eigenvalue weighted by atomic mass is 9.96. The van der Waals surface area contributed by atoms with E-state index in [2.05, 4.69) is 20.1 Å². The van der Waals surface area contributed by atoms with Gasteiger partial charge in [0, 0.05) is 52.4 Å². The van der Waals surface area contributed by atoms with Gasteiger partial charge < -0.3 is 24.6 Å². The fourth-order valence-corrected chi connectivity index (χ4v) is 4.84. The normalized spacial score (nSPS) is 25.2. The van der Waals surface area contributed by atoms with Gasteiger partial charge in [-0.05, 0) is 65.8 Å². The van der Waals surface area contributed by atoms with Crippen molar-refractivity contribution in [3.8, 4) is 0 Å². The molecular formula is C23H44IN5O3. The molecule has 0 aromatic heterocycles. The van der Waals surface area contributed by atoms with E-state index in [1.165, 1.54) is 19.4 Å². The Bertz CT molecular complexity index is 619. The predicted octanol–water partition coefficient (Wildman–Crippen LogP) is 3.01. The van der Waals surface area contributed by atoms with Crippen LogP contribution < -0.4 is 5.32 Å². The van der Waals surface area contributed by atoms with Crippen molar-refractivity contribution in [2.45, 2.75) is 71.1 Å². The minimum atomic E-state index is -0.455. The highest BCUT2D eigenvalue weighted by molar-refractivity contribution is 14.0. The van der Waals surface area contributed by atoms with Crippen LogP contribution in [0.5, 0.6) is 0 Å². The number of piperidine rings is 1. The molecule has 0 radical (unpaired) electrons. The van der Waals surface area contributed by atoms with E-state index < -0.39 is 5.60 Å². The molecule has 3 aliphatic heterocycles. The second-order valence-corrected chi connectivity index (χ2v) is 10.1. The monoisotopic (exact) mass is 565 g/mol. The number of nitrogens with one attached hydrogen (secondary N) is 1. The maximum Gasteiger partial charge on any atom is 0.410 e. The molecule has 1 N–H and O–H groups in total. The average molecular weight is 566 g/mol. The van der Waals surface area contributed by atoms with Crippen LogP contribution in [-0.2, 0) is 9.47 Å². The van der Waals surface area contributed by atoms with E-state index in [4.69, 9.17) is 9.47 Å². The van der Waals surface area contributed by atoms with Gasteiger partial charge in [-0.25, -0.2) is 4.79 Å². The average Bonchev–Trinajstić information content (AvgIpc) is 3.20. The lowest BCUT2D eigenvalue weighted by molar-refractivity contribution is -0.0455. The van der Waals surface area contributed by atoms with Crippen LogP contribution in [0.15, 0.2) is 4.99 Å². The van der Waals surface area contributed by atoms with Crippen molar-refractivity contribution in [1.82, 2.24) is 20.0 Å². The van der Waals surface area contributed by atoms with E-state index in [0.717, 1.165) is 58.1 Å². The van der Waals surface area contributed by atoms with Crippen LogP contribution in [-0.4, -0.2) is 104 Å². The van der Waals surface area contributed by atoms with Crippen LogP contribution in [0, 0.1) is 5.92 Å². The zero-order valence-electron chi connectivity index (χ0n) is 20.6. The van der Waals surface area contributed by atoms with Crippen LogP contribution in [0.1, 0.15) is 53.4 Å². The van der Waals surface area contributed by atoms with Crippen molar-refractivity contribution in [2.75, 3.05) is 59.5 Å². The highest BCUT2D eigenvalue weighted by atomic mass is 127. The number of ether oxygens (including phenoxy) is 2. The van der Waals surface area contributed by atoms with Gasteiger partial charge in [0.25, 0.3) is 0 Å². The molecule has 2 atom stereocenters. The summed E-state index contributed by atoms with van der Waals surface area (Å²) in [4.78, 5) is 23.7. The molecule has 0 saturated carbocycles. The van der Waals surface area contributed by atoms with Crippen molar-refractivity contribution in [3.05, 3.63) is 0 Å². The molecule has 3 aliphatic rings. The largest absolute Gasteiger partial charge is 0.444 e. The SMILES string of the molecule is CCN(CC1CCN(C(=NC)NCC2CN3CCCC3CO2)CC1)C(=O)OC(C)(C)C.I. The van der Waals surface area contributed by atoms with Crippen LogP contribution in [0.2, 0.25) is 0 Å². The third kappa shape index (κ3) is 7.90. The number of hydrogen-bond donors (Lipinski definition) is 1. The molecule has 9 heteroatoms. The molecule has 0 aromatic rings. The number of morpholine rings is 1. The third-order valence-electron chi connectivity index (χ3n) is 6.59. The summed E-state index contributed by atoms with van der Waals surface area (Å²) in [6, 6.07) is 0.637. The molecule has 0 aliphatic carbocycles. The van der Waals surface area contributed by atoms with E-state index in [-0.39, 0.29) is 36.2 Å². The van der Waals surface area contributed by atoms with Crippen molar-refractivity contribution in [2.24, 2.45) is 10.9 Å². The molecule has 186 valence electrons. The summed E-state index contributed by atoms with van der Waals surface area (Å²) < 4.78 is 11.6. The number of fused-ring (bicyclic) bond motifs is 1. The molecule has 32 heavy (non-hydrogen) atoms. The fourth-order valence-electron chi connectivity index (χ4n) is 4.84. The van der Waals surface area contributed by atoms with Gasteiger partial charge in [-0.1, -0.05) is 0 Å². The topological polar surface area (TPSA) is 69.6 Å². The van der Waals surface area contributed by atoms with Crippen LogP contribution in [0.3, 0.4) is 0 Å². The van der Waals surface area contributed by atoms with Gasteiger partial charge in [0.05, 0.1) is 12.7 Å². The number of aliphatic imine (C=N–C) groups is 1. The third-order valence-corrected chi connectivity index (χ3v) is 6.59. The minimum Gasteiger partial charge on any atom is -0.444 e. The quantitative estimate of drug-likeness (QED) is 0.314. The molecule has 0 aromatic carbocycles. The van der Waals surface area contributed by atoms with Crippen LogP contribution in [0.4, 0.5) is 4.79 Å². The number of carbonyl (C=O) groups is 1. The molecule has 2 unspecified atom stereocenters. The number of hydrogen-bond acceptors (Lipinski definition) is 5. The predicted molar refractivity (Wildman–Crippen MR) is 139 cm³/mol.